The molecule has 0 unspecified atom stereocenters. The molecule has 0 aliphatic carbocycles. The summed E-state index contributed by atoms with van der Waals surface area (Å²) in [6, 6.07) is 7.38. The Morgan fingerprint density at radius 3 is 2.79 bits per heavy atom. The molecule has 0 radical (unpaired) electrons. The number of fused-ring (bicyclic) bond motifs is 1. The van der Waals surface area contributed by atoms with Crippen LogP contribution in [0, 0.1) is 0 Å². The summed E-state index contributed by atoms with van der Waals surface area (Å²) in [6.07, 6.45) is 1.85. The number of hydrogen-bond donors (Lipinski definition) is 1. The maximum absolute atomic E-state index is 5.76. The van der Waals surface area contributed by atoms with Gasteiger partial charge in [-0.15, -0.1) is 0 Å². The highest BCUT2D eigenvalue weighted by Gasteiger charge is 2.12. The highest BCUT2D eigenvalue weighted by molar-refractivity contribution is 6.76. The number of nitrogens with zero attached hydrogens (tertiary/aromatic N) is 2. The summed E-state index contributed by atoms with van der Waals surface area (Å²) < 4.78 is 7.82. The Labute approximate surface area is 115 Å². The predicted octanol–water partition coefficient (Wildman–Crippen LogP) is 3.39. The van der Waals surface area contributed by atoms with Crippen LogP contribution < -0.4 is 5.32 Å². The minimum Gasteiger partial charge on any atom is -0.388 e. The van der Waals surface area contributed by atoms with Gasteiger partial charge in [-0.05, 0) is 24.2 Å². The van der Waals surface area contributed by atoms with Crippen molar-refractivity contribution in [3.63, 3.8) is 0 Å². The molecule has 2 rings (SSSR count). The maximum Gasteiger partial charge on any atom is 0.124 e. The van der Waals surface area contributed by atoms with Crippen LogP contribution in [0.2, 0.25) is 25.7 Å². The molecule has 1 N–H and O–H groups in total. The summed E-state index contributed by atoms with van der Waals surface area (Å²) >= 11 is 0. The maximum atomic E-state index is 5.76. The fourth-order valence-corrected chi connectivity index (χ4v) is 2.62. The van der Waals surface area contributed by atoms with Crippen LogP contribution in [0.5, 0.6) is 0 Å². The zero-order valence-electron chi connectivity index (χ0n) is 12.2. The first kappa shape index (κ1) is 14.1. The normalized spacial score (nSPS) is 12.0. The molecule has 0 spiro atoms. The van der Waals surface area contributed by atoms with Crippen molar-refractivity contribution in [2.75, 3.05) is 19.0 Å². The molecule has 104 valence electrons. The number of benzene rings is 1. The Morgan fingerprint density at radius 1 is 1.32 bits per heavy atom. The van der Waals surface area contributed by atoms with E-state index in [0.717, 1.165) is 23.3 Å². The van der Waals surface area contributed by atoms with Crippen molar-refractivity contribution < 1.29 is 4.74 Å². The smallest absolute Gasteiger partial charge is 0.124 e. The molecule has 0 atom stereocenters. The van der Waals surface area contributed by atoms with Gasteiger partial charge in [-0.25, -0.2) is 4.98 Å². The zero-order valence-corrected chi connectivity index (χ0v) is 13.2. The lowest BCUT2D eigenvalue weighted by Crippen LogP contribution is -2.21. The van der Waals surface area contributed by atoms with E-state index in [-0.39, 0.29) is 0 Å². The minimum absolute atomic E-state index is 0.583. The number of imidazole rings is 1. The van der Waals surface area contributed by atoms with Gasteiger partial charge in [0.2, 0.25) is 0 Å². The minimum atomic E-state index is -1.00. The van der Waals surface area contributed by atoms with E-state index in [1.165, 1.54) is 6.04 Å². The van der Waals surface area contributed by atoms with E-state index in [1.807, 2.05) is 19.4 Å². The number of ether oxygens (including phenoxy) is 1. The van der Waals surface area contributed by atoms with Crippen LogP contribution in [-0.4, -0.2) is 31.3 Å². The van der Waals surface area contributed by atoms with Gasteiger partial charge in [-0.3, -0.25) is 0 Å². The quantitative estimate of drug-likeness (QED) is 0.650. The molecule has 4 nitrogen and oxygen atoms in total. The molecule has 1 aromatic carbocycles. The molecule has 0 bridgehead atoms. The number of nitrogens with one attached hydrogen (secondary N) is 1. The van der Waals surface area contributed by atoms with Gasteiger partial charge in [0.25, 0.3) is 0 Å². The number of rotatable bonds is 6. The Hall–Kier alpha value is -1.33. The third kappa shape index (κ3) is 3.81. The van der Waals surface area contributed by atoms with Crippen molar-refractivity contribution in [1.29, 1.82) is 0 Å². The van der Waals surface area contributed by atoms with Gasteiger partial charge in [-0.2, -0.15) is 0 Å². The van der Waals surface area contributed by atoms with Crippen molar-refractivity contribution in [1.82, 2.24) is 9.55 Å². The van der Waals surface area contributed by atoms with Crippen LogP contribution in [-0.2, 0) is 11.5 Å². The van der Waals surface area contributed by atoms with Gasteiger partial charge in [0.15, 0.2) is 0 Å². The van der Waals surface area contributed by atoms with E-state index < -0.39 is 8.07 Å². The molecule has 0 fully saturated rings. The van der Waals surface area contributed by atoms with E-state index in [2.05, 4.69) is 46.6 Å². The Bertz CT molecular complexity index is 545. The monoisotopic (exact) mass is 277 g/mol. The summed E-state index contributed by atoms with van der Waals surface area (Å²) in [4.78, 5) is 4.41. The lowest BCUT2D eigenvalue weighted by Gasteiger charge is -2.15. The van der Waals surface area contributed by atoms with Crippen LogP contribution in [0.1, 0.15) is 0 Å². The van der Waals surface area contributed by atoms with Gasteiger partial charge >= 0.3 is 0 Å². The lowest BCUT2D eigenvalue weighted by atomic mass is 10.3. The van der Waals surface area contributed by atoms with Gasteiger partial charge in [-0.1, -0.05) is 19.6 Å². The van der Waals surface area contributed by atoms with E-state index in [1.54, 1.807) is 0 Å². The van der Waals surface area contributed by atoms with Crippen LogP contribution in [0.15, 0.2) is 24.5 Å². The Kier molecular flexibility index (Phi) is 4.26. The summed E-state index contributed by atoms with van der Waals surface area (Å²) in [5.74, 6) is 0. The van der Waals surface area contributed by atoms with Gasteiger partial charge in [0.1, 0.15) is 6.73 Å². The van der Waals surface area contributed by atoms with Crippen LogP contribution >= 0.6 is 0 Å². The Morgan fingerprint density at radius 2 is 2.11 bits per heavy atom. The van der Waals surface area contributed by atoms with Gasteiger partial charge in [0, 0.05) is 27.4 Å². The van der Waals surface area contributed by atoms with Crippen molar-refractivity contribution in [2.45, 2.75) is 32.4 Å². The van der Waals surface area contributed by atoms with Crippen LogP contribution in [0.4, 0.5) is 5.69 Å². The topological polar surface area (TPSA) is 39.1 Å². The average molecular weight is 277 g/mol. The third-order valence-corrected chi connectivity index (χ3v) is 4.84. The molecule has 19 heavy (non-hydrogen) atoms. The first-order valence-electron chi connectivity index (χ1n) is 6.70. The Balaban J connectivity index is 1.98. The van der Waals surface area contributed by atoms with Gasteiger partial charge < -0.3 is 14.6 Å². The van der Waals surface area contributed by atoms with Gasteiger partial charge in [0.05, 0.1) is 17.4 Å². The highest BCUT2D eigenvalue weighted by Crippen LogP contribution is 2.18. The van der Waals surface area contributed by atoms with Crippen molar-refractivity contribution in [3.8, 4) is 0 Å². The third-order valence-electron chi connectivity index (χ3n) is 3.14. The first-order valence-corrected chi connectivity index (χ1v) is 10.4. The second kappa shape index (κ2) is 5.75. The summed E-state index contributed by atoms with van der Waals surface area (Å²) in [5.41, 5.74) is 3.20. The predicted molar refractivity (Wildman–Crippen MR) is 83.4 cm³/mol. The standard InChI is InChI=1S/C14H23N3OSi/c1-15-12-5-6-14-13(9-12)16-10-17(14)11-18-7-8-19(2,3)4/h5-6,9-10,15H,7-8,11H2,1-4H3. The van der Waals surface area contributed by atoms with Crippen molar-refractivity contribution in [3.05, 3.63) is 24.5 Å². The fourth-order valence-electron chi connectivity index (χ4n) is 1.86. The molecule has 5 heteroatoms. The molecule has 1 aromatic heterocycles. The molecule has 1 heterocycles. The molecular weight excluding hydrogens is 254 g/mol. The van der Waals surface area contributed by atoms with Crippen molar-refractivity contribution >= 4 is 24.8 Å². The second-order valence-electron chi connectivity index (χ2n) is 6.02. The van der Waals surface area contributed by atoms with Crippen molar-refractivity contribution in [2.24, 2.45) is 0 Å². The number of aromatic nitrogens is 2. The molecule has 0 aliphatic rings. The molecule has 0 amide bonds. The average Bonchev–Trinajstić information content (AvgIpc) is 2.75. The fraction of sp³-hybridized carbons (Fsp3) is 0.500. The van der Waals surface area contributed by atoms with E-state index in [9.17, 15) is 0 Å². The second-order valence-corrected chi connectivity index (χ2v) is 11.6. The molecule has 0 saturated heterocycles. The van der Waals surface area contributed by atoms with Crippen LogP contribution in [0.25, 0.3) is 11.0 Å². The highest BCUT2D eigenvalue weighted by atomic mass is 28.3. The first-order chi connectivity index (χ1) is 8.99. The van der Waals surface area contributed by atoms with E-state index in [4.69, 9.17) is 4.74 Å². The largest absolute Gasteiger partial charge is 0.388 e. The number of anilines is 1. The molecule has 0 saturated carbocycles. The number of hydrogen-bond acceptors (Lipinski definition) is 3. The SMILES string of the molecule is CNc1ccc2c(c1)ncn2COCC[Si](C)(C)C. The summed E-state index contributed by atoms with van der Waals surface area (Å²) in [7, 11) is 0.911. The molecule has 0 aliphatic heterocycles. The summed E-state index contributed by atoms with van der Waals surface area (Å²) in [6.45, 7) is 8.51. The molecular formula is C14H23N3OSi. The van der Waals surface area contributed by atoms with E-state index in [0.29, 0.717) is 6.73 Å². The van der Waals surface area contributed by atoms with Crippen LogP contribution in [0.3, 0.4) is 0 Å². The molecule has 2 aromatic rings. The zero-order chi connectivity index (χ0) is 13.9. The summed E-state index contributed by atoms with van der Waals surface area (Å²) in [5, 5.41) is 3.12. The lowest BCUT2D eigenvalue weighted by molar-refractivity contribution is 0.0898. The van der Waals surface area contributed by atoms with E-state index >= 15 is 0 Å².